The molecule has 0 aliphatic carbocycles. The van der Waals surface area contributed by atoms with Crippen LogP contribution in [0.1, 0.15) is 18.6 Å². The first kappa shape index (κ1) is 12.3. The second kappa shape index (κ2) is 5.37. The molecule has 3 N–H and O–H groups in total. The summed E-state index contributed by atoms with van der Waals surface area (Å²) >= 11 is 0. The van der Waals surface area contributed by atoms with Crippen LogP contribution in [0.25, 0.3) is 0 Å². The molecule has 1 rings (SSSR count). The van der Waals surface area contributed by atoms with Crippen molar-refractivity contribution in [1.82, 2.24) is 5.32 Å². The first-order valence-electron chi connectivity index (χ1n) is 4.86. The number of amides is 1. The maximum Gasteiger partial charge on any atom is 0.404 e. The lowest BCUT2D eigenvalue weighted by Gasteiger charge is -2.19. The van der Waals surface area contributed by atoms with Crippen LogP contribution in [0.5, 0.6) is 5.75 Å². The standard InChI is InChI=1S/C11H15NO4/c1-7(12-11(14)15)10(13)8-4-3-5-9(6-8)16-2/h3-7,10,12-13H,1-2H3,(H,14,15)/t7-,10+/m0/s1. The molecular formula is C11H15NO4. The number of aliphatic hydroxyl groups is 1. The molecule has 0 saturated carbocycles. The fourth-order valence-electron chi connectivity index (χ4n) is 1.39. The molecule has 0 aromatic heterocycles. The smallest absolute Gasteiger partial charge is 0.404 e. The number of carbonyl (C=O) groups is 1. The molecule has 1 amide bonds. The lowest BCUT2D eigenvalue weighted by Crippen LogP contribution is -2.35. The summed E-state index contributed by atoms with van der Waals surface area (Å²) in [6, 6.07) is 6.30. The van der Waals surface area contributed by atoms with Gasteiger partial charge in [-0.3, -0.25) is 0 Å². The summed E-state index contributed by atoms with van der Waals surface area (Å²) in [4.78, 5) is 10.4. The maximum absolute atomic E-state index is 10.4. The van der Waals surface area contributed by atoms with E-state index in [0.717, 1.165) is 0 Å². The van der Waals surface area contributed by atoms with Crippen molar-refractivity contribution in [2.24, 2.45) is 0 Å². The van der Waals surface area contributed by atoms with Crippen LogP contribution in [-0.2, 0) is 0 Å². The molecule has 0 bridgehead atoms. The van der Waals surface area contributed by atoms with Crippen LogP contribution in [0.2, 0.25) is 0 Å². The molecule has 0 fully saturated rings. The Hall–Kier alpha value is -1.75. The van der Waals surface area contributed by atoms with E-state index in [9.17, 15) is 9.90 Å². The summed E-state index contributed by atoms with van der Waals surface area (Å²) in [7, 11) is 1.53. The topological polar surface area (TPSA) is 78.8 Å². The van der Waals surface area contributed by atoms with Crippen LogP contribution < -0.4 is 10.1 Å². The van der Waals surface area contributed by atoms with Crippen molar-refractivity contribution in [2.75, 3.05) is 7.11 Å². The molecule has 0 spiro atoms. The summed E-state index contributed by atoms with van der Waals surface area (Å²) in [5.41, 5.74) is 0.612. The van der Waals surface area contributed by atoms with Crippen LogP contribution in [0.15, 0.2) is 24.3 Å². The van der Waals surface area contributed by atoms with Gasteiger partial charge in [0.05, 0.1) is 19.3 Å². The fraction of sp³-hybridized carbons (Fsp3) is 0.364. The Bertz CT molecular complexity index is 367. The molecule has 0 aliphatic rings. The lowest BCUT2D eigenvalue weighted by atomic mass is 10.0. The zero-order valence-corrected chi connectivity index (χ0v) is 9.18. The van der Waals surface area contributed by atoms with E-state index in [-0.39, 0.29) is 0 Å². The zero-order chi connectivity index (χ0) is 12.1. The van der Waals surface area contributed by atoms with Crippen LogP contribution >= 0.6 is 0 Å². The minimum atomic E-state index is -1.16. The number of benzene rings is 1. The minimum absolute atomic E-state index is 0.579. The molecule has 0 saturated heterocycles. The van der Waals surface area contributed by atoms with Crippen molar-refractivity contribution < 1.29 is 19.7 Å². The number of nitrogens with one attached hydrogen (secondary N) is 1. The number of aliphatic hydroxyl groups excluding tert-OH is 1. The van der Waals surface area contributed by atoms with Gasteiger partial charge in [-0.1, -0.05) is 12.1 Å². The third-order valence-electron chi connectivity index (χ3n) is 2.26. The third-order valence-corrected chi connectivity index (χ3v) is 2.26. The van der Waals surface area contributed by atoms with Gasteiger partial charge in [0.15, 0.2) is 0 Å². The largest absolute Gasteiger partial charge is 0.497 e. The summed E-state index contributed by atoms with van der Waals surface area (Å²) in [6.45, 7) is 1.60. The second-order valence-corrected chi connectivity index (χ2v) is 3.46. The number of ether oxygens (including phenoxy) is 1. The molecule has 0 heterocycles. The number of methoxy groups -OCH3 is 1. The second-order valence-electron chi connectivity index (χ2n) is 3.46. The average Bonchev–Trinajstić information content (AvgIpc) is 2.27. The van der Waals surface area contributed by atoms with E-state index in [2.05, 4.69) is 5.32 Å². The molecule has 0 radical (unpaired) electrons. The highest BCUT2D eigenvalue weighted by Gasteiger charge is 2.18. The quantitative estimate of drug-likeness (QED) is 0.723. The molecule has 1 aromatic carbocycles. The van der Waals surface area contributed by atoms with E-state index in [1.165, 1.54) is 7.11 Å². The van der Waals surface area contributed by atoms with Gasteiger partial charge >= 0.3 is 6.09 Å². The summed E-state index contributed by atoms with van der Waals surface area (Å²) in [5.74, 6) is 0.624. The molecule has 16 heavy (non-hydrogen) atoms. The number of rotatable bonds is 4. The Morgan fingerprint density at radius 3 is 2.75 bits per heavy atom. The van der Waals surface area contributed by atoms with Crippen molar-refractivity contribution in [1.29, 1.82) is 0 Å². The van der Waals surface area contributed by atoms with E-state index >= 15 is 0 Å². The molecule has 88 valence electrons. The summed E-state index contributed by atoms with van der Waals surface area (Å²) < 4.78 is 5.02. The molecule has 1 aromatic rings. The molecule has 5 heteroatoms. The van der Waals surface area contributed by atoms with Crippen molar-refractivity contribution in [2.45, 2.75) is 19.1 Å². The molecule has 5 nitrogen and oxygen atoms in total. The molecular weight excluding hydrogens is 210 g/mol. The van der Waals surface area contributed by atoms with E-state index < -0.39 is 18.2 Å². The highest BCUT2D eigenvalue weighted by Crippen LogP contribution is 2.21. The van der Waals surface area contributed by atoms with Crippen molar-refractivity contribution >= 4 is 6.09 Å². The molecule has 2 atom stereocenters. The third kappa shape index (κ3) is 3.13. The Balaban J connectivity index is 2.78. The van der Waals surface area contributed by atoms with Gasteiger partial charge in [0.1, 0.15) is 5.75 Å². The van der Waals surface area contributed by atoms with Gasteiger partial charge in [-0.15, -0.1) is 0 Å². The normalized spacial score (nSPS) is 13.9. The summed E-state index contributed by atoms with van der Waals surface area (Å²) in [5, 5.41) is 20.6. The van der Waals surface area contributed by atoms with Crippen LogP contribution in [0, 0.1) is 0 Å². The monoisotopic (exact) mass is 225 g/mol. The van der Waals surface area contributed by atoms with Gasteiger partial charge in [-0.25, -0.2) is 4.79 Å². The zero-order valence-electron chi connectivity index (χ0n) is 9.18. The SMILES string of the molecule is COc1cccc([C@H](O)[C@H](C)NC(=O)O)c1. The van der Waals surface area contributed by atoms with Gasteiger partial charge in [0.25, 0.3) is 0 Å². The van der Waals surface area contributed by atoms with Crippen LogP contribution in [0.4, 0.5) is 4.79 Å². The van der Waals surface area contributed by atoms with Gasteiger partial charge in [0, 0.05) is 0 Å². The predicted molar refractivity (Wildman–Crippen MR) is 58.6 cm³/mol. The van der Waals surface area contributed by atoms with E-state index in [0.29, 0.717) is 11.3 Å². The Labute approximate surface area is 93.7 Å². The van der Waals surface area contributed by atoms with Gasteiger partial charge in [-0.05, 0) is 24.6 Å². The Kier molecular flexibility index (Phi) is 4.13. The van der Waals surface area contributed by atoms with Gasteiger partial charge in [0.2, 0.25) is 0 Å². The minimum Gasteiger partial charge on any atom is -0.497 e. The number of hydrogen-bond donors (Lipinski definition) is 3. The van der Waals surface area contributed by atoms with Gasteiger partial charge in [-0.2, -0.15) is 0 Å². The van der Waals surface area contributed by atoms with E-state index in [1.54, 1.807) is 31.2 Å². The van der Waals surface area contributed by atoms with Crippen LogP contribution in [-0.4, -0.2) is 29.5 Å². The maximum atomic E-state index is 10.4. The lowest BCUT2D eigenvalue weighted by molar-refractivity contribution is 0.127. The summed E-state index contributed by atoms with van der Waals surface area (Å²) in [6.07, 6.45) is -2.05. The van der Waals surface area contributed by atoms with Crippen molar-refractivity contribution in [3.8, 4) is 5.75 Å². The van der Waals surface area contributed by atoms with Gasteiger partial charge < -0.3 is 20.3 Å². The first-order chi connectivity index (χ1) is 7.54. The van der Waals surface area contributed by atoms with Crippen molar-refractivity contribution in [3.05, 3.63) is 29.8 Å². The predicted octanol–water partition coefficient (Wildman–Crippen LogP) is 1.38. The highest BCUT2D eigenvalue weighted by atomic mass is 16.5. The Morgan fingerprint density at radius 2 is 2.19 bits per heavy atom. The average molecular weight is 225 g/mol. The fourth-order valence-corrected chi connectivity index (χ4v) is 1.39. The first-order valence-corrected chi connectivity index (χ1v) is 4.86. The van der Waals surface area contributed by atoms with Crippen LogP contribution in [0.3, 0.4) is 0 Å². The van der Waals surface area contributed by atoms with E-state index in [1.807, 2.05) is 0 Å². The highest BCUT2D eigenvalue weighted by molar-refractivity contribution is 5.64. The Morgan fingerprint density at radius 1 is 1.50 bits per heavy atom. The number of hydrogen-bond acceptors (Lipinski definition) is 3. The number of carboxylic acid groups (broad SMARTS) is 1. The van der Waals surface area contributed by atoms with E-state index in [4.69, 9.17) is 9.84 Å². The molecule has 0 unspecified atom stereocenters. The van der Waals surface area contributed by atoms with Crippen molar-refractivity contribution in [3.63, 3.8) is 0 Å². The molecule has 0 aliphatic heterocycles.